The van der Waals surface area contributed by atoms with Crippen LogP contribution in [0.4, 0.5) is 5.82 Å². The van der Waals surface area contributed by atoms with Crippen LogP contribution in [0.5, 0.6) is 0 Å². The lowest BCUT2D eigenvalue weighted by atomic mass is 10.3. The fourth-order valence-electron chi connectivity index (χ4n) is 1.63. The number of nitrogen functional groups attached to an aromatic ring is 1. The second-order valence-electron chi connectivity index (χ2n) is 3.88. The van der Waals surface area contributed by atoms with E-state index < -0.39 is 0 Å². The van der Waals surface area contributed by atoms with E-state index in [-0.39, 0.29) is 0 Å². The number of hydrogen-bond acceptors (Lipinski definition) is 3. The van der Waals surface area contributed by atoms with E-state index in [9.17, 15) is 0 Å². The second kappa shape index (κ2) is 3.08. The molecule has 2 aromatic heterocycles. The number of aromatic nitrogens is 3. The lowest BCUT2D eigenvalue weighted by molar-refractivity contribution is 0.814. The maximum absolute atomic E-state index is 5.62. The summed E-state index contributed by atoms with van der Waals surface area (Å²) in [6.07, 6.45) is 4.47. The van der Waals surface area contributed by atoms with Gasteiger partial charge in [0.25, 0.3) is 0 Å². The quantitative estimate of drug-likeness (QED) is 0.803. The number of nitrogens with two attached hydrogens (primary N) is 1. The minimum absolute atomic E-state index is 0.524. The zero-order valence-electron chi connectivity index (χ0n) is 8.30. The van der Waals surface area contributed by atoms with Crippen molar-refractivity contribution in [3.05, 3.63) is 36.2 Å². The van der Waals surface area contributed by atoms with Crippen LogP contribution in [-0.4, -0.2) is 14.8 Å². The molecule has 2 aromatic rings. The van der Waals surface area contributed by atoms with Gasteiger partial charge in [-0.25, -0.2) is 9.67 Å². The van der Waals surface area contributed by atoms with E-state index in [1.807, 2.05) is 18.3 Å². The molecule has 0 spiro atoms. The van der Waals surface area contributed by atoms with Crippen LogP contribution in [0.25, 0.3) is 5.82 Å². The van der Waals surface area contributed by atoms with Crippen molar-refractivity contribution in [1.29, 1.82) is 0 Å². The van der Waals surface area contributed by atoms with E-state index in [0.717, 1.165) is 5.82 Å². The Hall–Kier alpha value is -1.84. The van der Waals surface area contributed by atoms with Gasteiger partial charge in [-0.2, -0.15) is 5.10 Å². The summed E-state index contributed by atoms with van der Waals surface area (Å²) in [7, 11) is 0. The summed E-state index contributed by atoms with van der Waals surface area (Å²) in [4.78, 5) is 4.21. The van der Waals surface area contributed by atoms with Crippen molar-refractivity contribution < 1.29 is 0 Å². The molecule has 0 bridgehead atoms. The third-order valence-corrected chi connectivity index (χ3v) is 2.60. The standard InChI is InChI=1S/C11H12N4/c12-10-2-1-3-11(13-10)15-7-6-9(14-15)8-4-5-8/h1-3,6-8H,4-5H2,(H2,12,13). The van der Waals surface area contributed by atoms with Crippen LogP contribution in [0, 0.1) is 0 Å². The van der Waals surface area contributed by atoms with E-state index in [1.54, 1.807) is 10.7 Å². The Bertz CT molecular complexity index is 485. The molecule has 0 amide bonds. The van der Waals surface area contributed by atoms with E-state index >= 15 is 0 Å². The predicted molar refractivity (Wildman–Crippen MR) is 57.7 cm³/mol. The molecule has 1 fully saturated rings. The number of pyridine rings is 1. The first-order valence-corrected chi connectivity index (χ1v) is 5.11. The summed E-state index contributed by atoms with van der Waals surface area (Å²) < 4.78 is 1.78. The van der Waals surface area contributed by atoms with Gasteiger partial charge in [-0.3, -0.25) is 0 Å². The zero-order valence-corrected chi connectivity index (χ0v) is 8.30. The molecule has 1 saturated carbocycles. The highest BCUT2D eigenvalue weighted by atomic mass is 15.3. The van der Waals surface area contributed by atoms with Gasteiger partial charge in [-0.05, 0) is 31.0 Å². The molecule has 0 atom stereocenters. The lowest BCUT2D eigenvalue weighted by Crippen LogP contribution is -2.00. The predicted octanol–water partition coefficient (Wildman–Crippen LogP) is 1.73. The minimum atomic E-state index is 0.524. The van der Waals surface area contributed by atoms with Gasteiger partial charge in [-0.1, -0.05) is 6.07 Å². The zero-order chi connectivity index (χ0) is 10.3. The Labute approximate surface area is 87.7 Å². The van der Waals surface area contributed by atoms with Gasteiger partial charge in [0, 0.05) is 12.1 Å². The molecule has 2 heterocycles. The number of anilines is 1. The Kier molecular flexibility index (Phi) is 1.74. The SMILES string of the molecule is Nc1cccc(-n2ccc(C3CC3)n2)n1. The van der Waals surface area contributed by atoms with Crippen LogP contribution in [0.3, 0.4) is 0 Å². The van der Waals surface area contributed by atoms with Crippen molar-refractivity contribution in [1.82, 2.24) is 14.8 Å². The highest BCUT2D eigenvalue weighted by Crippen LogP contribution is 2.38. The molecule has 0 aromatic carbocycles. The number of rotatable bonds is 2. The van der Waals surface area contributed by atoms with Crippen LogP contribution in [0.15, 0.2) is 30.5 Å². The summed E-state index contributed by atoms with van der Waals surface area (Å²) in [5.74, 6) is 1.98. The van der Waals surface area contributed by atoms with Crippen molar-refractivity contribution in [3.63, 3.8) is 0 Å². The second-order valence-corrected chi connectivity index (χ2v) is 3.88. The van der Waals surface area contributed by atoms with Gasteiger partial charge < -0.3 is 5.73 Å². The first-order chi connectivity index (χ1) is 7.33. The van der Waals surface area contributed by atoms with Crippen molar-refractivity contribution in [2.45, 2.75) is 18.8 Å². The third-order valence-electron chi connectivity index (χ3n) is 2.60. The van der Waals surface area contributed by atoms with Crippen LogP contribution in [0.2, 0.25) is 0 Å². The average Bonchev–Trinajstić information content (AvgIpc) is 2.97. The average molecular weight is 200 g/mol. The highest BCUT2D eigenvalue weighted by molar-refractivity contribution is 5.35. The number of nitrogens with zero attached hydrogens (tertiary/aromatic N) is 3. The maximum Gasteiger partial charge on any atom is 0.155 e. The molecule has 0 radical (unpaired) electrons. The summed E-state index contributed by atoms with van der Waals surface area (Å²) in [5, 5.41) is 4.48. The first-order valence-electron chi connectivity index (χ1n) is 5.11. The molecule has 4 heteroatoms. The molecular weight excluding hydrogens is 188 g/mol. The van der Waals surface area contributed by atoms with Crippen LogP contribution in [0.1, 0.15) is 24.5 Å². The highest BCUT2D eigenvalue weighted by Gasteiger charge is 2.25. The van der Waals surface area contributed by atoms with Crippen LogP contribution >= 0.6 is 0 Å². The van der Waals surface area contributed by atoms with Crippen molar-refractivity contribution in [2.24, 2.45) is 0 Å². The fraction of sp³-hybridized carbons (Fsp3) is 0.273. The molecule has 0 saturated heterocycles. The summed E-state index contributed by atoms with van der Waals surface area (Å²) >= 11 is 0. The van der Waals surface area contributed by atoms with E-state index in [0.29, 0.717) is 11.7 Å². The van der Waals surface area contributed by atoms with Gasteiger partial charge in [0.1, 0.15) is 5.82 Å². The van der Waals surface area contributed by atoms with Crippen molar-refractivity contribution in [3.8, 4) is 5.82 Å². The molecule has 1 aliphatic rings. The van der Waals surface area contributed by atoms with E-state index in [2.05, 4.69) is 16.1 Å². The Morgan fingerprint density at radius 2 is 2.13 bits per heavy atom. The van der Waals surface area contributed by atoms with Gasteiger partial charge in [0.05, 0.1) is 5.69 Å². The topological polar surface area (TPSA) is 56.7 Å². The van der Waals surface area contributed by atoms with Gasteiger partial charge in [0.2, 0.25) is 0 Å². The van der Waals surface area contributed by atoms with Gasteiger partial charge in [-0.15, -0.1) is 0 Å². The third kappa shape index (κ3) is 1.58. The van der Waals surface area contributed by atoms with Gasteiger partial charge >= 0.3 is 0 Å². The van der Waals surface area contributed by atoms with E-state index in [4.69, 9.17) is 5.73 Å². The van der Waals surface area contributed by atoms with Crippen LogP contribution in [-0.2, 0) is 0 Å². The molecule has 0 unspecified atom stereocenters. The lowest BCUT2D eigenvalue weighted by Gasteiger charge is -2.00. The minimum Gasteiger partial charge on any atom is -0.384 e. The summed E-state index contributed by atoms with van der Waals surface area (Å²) in [6.45, 7) is 0. The molecular formula is C11H12N4. The summed E-state index contributed by atoms with van der Waals surface area (Å²) in [6, 6.07) is 7.62. The summed E-state index contributed by atoms with van der Waals surface area (Å²) in [5.41, 5.74) is 6.79. The maximum atomic E-state index is 5.62. The normalized spacial score (nSPS) is 15.5. The molecule has 2 N–H and O–H groups in total. The fourth-order valence-corrected chi connectivity index (χ4v) is 1.63. The van der Waals surface area contributed by atoms with E-state index in [1.165, 1.54) is 18.5 Å². The van der Waals surface area contributed by atoms with Crippen LogP contribution < -0.4 is 5.73 Å². The van der Waals surface area contributed by atoms with Crippen molar-refractivity contribution in [2.75, 3.05) is 5.73 Å². The first kappa shape index (κ1) is 8.47. The molecule has 15 heavy (non-hydrogen) atoms. The smallest absolute Gasteiger partial charge is 0.155 e. The molecule has 76 valence electrons. The molecule has 1 aliphatic carbocycles. The Morgan fingerprint density at radius 1 is 1.27 bits per heavy atom. The molecule has 3 rings (SSSR count). The largest absolute Gasteiger partial charge is 0.384 e. The number of hydrogen-bond donors (Lipinski definition) is 1. The molecule has 0 aliphatic heterocycles. The Balaban J connectivity index is 1.97. The monoisotopic (exact) mass is 200 g/mol. The van der Waals surface area contributed by atoms with Gasteiger partial charge in [0.15, 0.2) is 5.82 Å². The Morgan fingerprint density at radius 3 is 2.87 bits per heavy atom. The van der Waals surface area contributed by atoms with Crippen molar-refractivity contribution >= 4 is 5.82 Å². The molecule has 4 nitrogen and oxygen atoms in total.